The Labute approximate surface area is 106 Å². The van der Waals surface area contributed by atoms with Crippen molar-refractivity contribution in [3.63, 3.8) is 0 Å². The van der Waals surface area contributed by atoms with E-state index in [9.17, 15) is 22.0 Å². The maximum absolute atomic E-state index is 12.6. The number of hydrogen-bond acceptors (Lipinski definition) is 5. The molecule has 5 nitrogen and oxygen atoms in total. The summed E-state index contributed by atoms with van der Waals surface area (Å²) in [5.74, 6) is -0.708. The van der Waals surface area contributed by atoms with Crippen LogP contribution in [0.1, 0.15) is 0 Å². The highest BCUT2D eigenvalue weighted by atomic mass is 79.9. The predicted molar refractivity (Wildman–Crippen MR) is 54.0 cm³/mol. The van der Waals surface area contributed by atoms with Gasteiger partial charge in [-0.2, -0.15) is 26.9 Å². The Balaban J connectivity index is 2.80. The molecule has 0 aromatic carbocycles. The van der Waals surface area contributed by atoms with Gasteiger partial charge in [0.2, 0.25) is 11.8 Å². The van der Waals surface area contributed by atoms with Crippen molar-refractivity contribution in [2.75, 3.05) is 12.0 Å². The van der Waals surface area contributed by atoms with Gasteiger partial charge in [0.05, 0.1) is 10.7 Å². The normalized spacial score (nSPS) is 12.4. The Bertz CT molecular complexity index is 427. The van der Waals surface area contributed by atoms with Crippen molar-refractivity contribution in [3.05, 3.63) is 10.7 Å². The summed E-state index contributed by atoms with van der Waals surface area (Å²) in [4.78, 5) is 7.03. The zero-order valence-corrected chi connectivity index (χ0v) is 10.0. The summed E-state index contributed by atoms with van der Waals surface area (Å²) in [6, 6.07) is 0. The summed E-state index contributed by atoms with van der Waals surface area (Å²) in [5.41, 5.74) is 1.99. The number of halogens is 6. The van der Waals surface area contributed by atoms with Crippen LogP contribution in [0.15, 0.2) is 10.7 Å². The molecule has 0 aliphatic carbocycles. The molecule has 11 heteroatoms. The van der Waals surface area contributed by atoms with Gasteiger partial charge in [0.1, 0.15) is 0 Å². The number of nitrogens with two attached hydrogens (primary N) is 1. The second-order valence-electron chi connectivity index (χ2n) is 2.98. The Morgan fingerprint density at radius 1 is 1.33 bits per heavy atom. The van der Waals surface area contributed by atoms with E-state index in [1.807, 2.05) is 5.43 Å². The standard InChI is InChI=1S/C7H6BrF5N4O/c8-3-1-15-5(17-14)16-4(3)18-2-6(9,10)7(11,12)13/h1H,2,14H2,(H,15,16,17). The fourth-order valence-corrected chi connectivity index (χ4v) is 1.07. The third kappa shape index (κ3) is 3.38. The molecule has 18 heavy (non-hydrogen) atoms. The molecule has 1 aromatic rings. The molecule has 0 amide bonds. The Morgan fingerprint density at radius 2 is 1.94 bits per heavy atom. The van der Waals surface area contributed by atoms with Gasteiger partial charge >= 0.3 is 12.1 Å². The summed E-state index contributed by atoms with van der Waals surface area (Å²) in [5, 5.41) is 0. The summed E-state index contributed by atoms with van der Waals surface area (Å²) >= 11 is 2.83. The van der Waals surface area contributed by atoms with E-state index in [4.69, 9.17) is 5.84 Å². The van der Waals surface area contributed by atoms with Crippen LogP contribution in [0.2, 0.25) is 0 Å². The van der Waals surface area contributed by atoms with Gasteiger partial charge in [0, 0.05) is 0 Å². The van der Waals surface area contributed by atoms with Crippen LogP contribution in [-0.2, 0) is 0 Å². The number of nitrogens with zero attached hydrogens (tertiary/aromatic N) is 2. The maximum atomic E-state index is 12.6. The minimum atomic E-state index is -5.69. The average molecular weight is 337 g/mol. The first-order valence-electron chi connectivity index (χ1n) is 4.24. The highest BCUT2D eigenvalue weighted by molar-refractivity contribution is 9.10. The Kier molecular flexibility index (Phi) is 4.27. The smallest absolute Gasteiger partial charge is 0.456 e. The van der Waals surface area contributed by atoms with Crippen LogP contribution >= 0.6 is 15.9 Å². The van der Waals surface area contributed by atoms with Crippen LogP contribution < -0.4 is 16.0 Å². The number of alkyl halides is 5. The van der Waals surface area contributed by atoms with Crippen LogP contribution in [-0.4, -0.2) is 28.7 Å². The number of anilines is 1. The Morgan fingerprint density at radius 3 is 2.44 bits per heavy atom. The minimum absolute atomic E-state index is 0.0134. The summed E-state index contributed by atoms with van der Waals surface area (Å²) in [6.45, 7) is -1.89. The van der Waals surface area contributed by atoms with Crippen molar-refractivity contribution in [2.24, 2.45) is 5.84 Å². The van der Waals surface area contributed by atoms with Crippen LogP contribution in [0.5, 0.6) is 5.88 Å². The van der Waals surface area contributed by atoms with E-state index in [0.29, 0.717) is 0 Å². The largest absolute Gasteiger partial charge is 0.470 e. The van der Waals surface area contributed by atoms with Crippen molar-refractivity contribution >= 4 is 21.9 Å². The van der Waals surface area contributed by atoms with E-state index in [1.165, 1.54) is 0 Å². The first-order chi connectivity index (χ1) is 8.17. The van der Waals surface area contributed by atoms with Gasteiger partial charge in [-0.25, -0.2) is 10.8 Å². The molecular weight excluding hydrogens is 331 g/mol. The SMILES string of the molecule is NNc1ncc(Br)c(OCC(F)(F)C(F)(F)F)n1. The van der Waals surface area contributed by atoms with Gasteiger partial charge in [-0.05, 0) is 15.9 Å². The van der Waals surface area contributed by atoms with E-state index in [0.717, 1.165) is 6.20 Å². The van der Waals surface area contributed by atoms with Crippen molar-refractivity contribution in [3.8, 4) is 5.88 Å². The number of hydrazine groups is 1. The fourth-order valence-electron chi connectivity index (χ4n) is 0.763. The molecule has 102 valence electrons. The van der Waals surface area contributed by atoms with Crippen LogP contribution in [0.25, 0.3) is 0 Å². The van der Waals surface area contributed by atoms with Crippen LogP contribution in [0, 0.1) is 0 Å². The van der Waals surface area contributed by atoms with E-state index < -0.39 is 24.6 Å². The second-order valence-corrected chi connectivity index (χ2v) is 3.84. The van der Waals surface area contributed by atoms with Gasteiger partial charge in [-0.15, -0.1) is 0 Å². The summed E-state index contributed by atoms with van der Waals surface area (Å²) < 4.78 is 65.1. The van der Waals surface area contributed by atoms with E-state index in [-0.39, 0.29) is 10.4 Å². The van der Waals surface area contributed by atoms with E-state index >= 15 is 0 Å². The van der Waals surface area contributed by atoms with Gasteiger partial charge in [-0.3, -0.25) is 5.43 Å². The van der Waals surface area contributed by atoms with E-state index in [1.54, 1.807) is 0 Å². The molecule has 0 bridgehead atoms. The highest BCUT2D eigenvalue weighted by Crippen LogP contribution is 2.36. The first-order valence-corrected chi connectivity index (χ1v) is 5.03. The first kappa shape index (κ1) is 14.8. The van der Waals surface area contributed by atoms with E-state index in [2.05, 4.69) is 30.6 Å². The molecule has 0 saturated carbocycles. The maximum Gasteiger partial charge on any atom is 0.456 e. The lowest BCUT2D eigenvalue weighted by Gasteiger charge is -2.19. The number of ether oxygens (including phenoxy) is 1. The fraction of sp³-hybridized carbons (Fsp3) is 0.429. The molecule has 0 radical (unpaired) electrons. The van der Waals surface area contributed by atoms with Gasteiger partial charge in [0.25, 0.3) is 0 Å². The van der Waals surface area contributed by atoms with Crippen LogP contribution in [0.3, 0.4) is 0 Å². The topological polar surface area (TPSA) is 73.1 Å². The number of nitrogen functional groups attached to an aromatic ring is 1. The predicted octanol–water partition coefficient (Wildman–Crippen LogP) is 2.10. The molecule has 3 N–H and O–H groups in total. The molecular formula is C7H6BrF5N4O. The quantitative estimate of drug-likeness (QED) is 0.500. The molecule has 0 fully saturated rings. The van der Waals surface area contributed by atoms with Gasteiger partial charge in [-0.1, -0.05) is 0 Å². The molecule has 0 aliphatic rings. The minimum Gasteiger partial charge on any atom is -0.470 e. The number of nitrogens with one attached hydrogen (secondary N) is 1. The molecule has 0 aliphatic heterocycles. The lowest BCUT2D eigenvalue weighted by Crippen LogP contribution is -2.41. The van der Waals surface area contributed by atoms with Crippen LogP contribution in [0.4, 0.5) is 27.9 Å². The number of aromatic nitrogens is 2. The summed E-state index contributed by atoms with van der Waals surface area (Å²) in [6.07, 6.45) is -4.61. The molecule has 1 aromatic heterocycles. The van der Waals surface area contributed by atoms with Crippen molar-refractivity contribution in [1.29, 1.82) is 0 Å². The summed E-state index contributed by atoms with van der Waals surface area (Å²) in [7, 11) is 0. The zero-order valence-electron chi connectivity index (χ0n) is 8.43. The molecule has 0 spiro atoms. The molecule has 0 unspecified atom stereocenters. The Hall–Kier alpha value is -1.23. The van der Waals surface area contributed by atoms with Crippen molar-refractivity contribution in [2.45, 2.75) is 12.1 Å². The molecule has 0 saturated heterocycles. The third-order valence-electron chi connectivity index (χ3n) is 1.65. The van der Waals surface area contributed by atoms with Gasteiger partial charge < -0.3 is 4.74 Å². The number of rotatable bonds is 4. The number of hydrogen-bond donors (Lipinski definition) is 2. The second kappa shape index (κ2) is 5.18. The molecule has 0 atom stereocenters. The molecule has 1 rings (SSSR count). The molecule has 1 heterocycles. The lowest BCUT2D eigenvalue weighted by atomic mass is 10.3. The van der Waals surface area contributed by atoms with Gasteiger partial charge in [0.15, 0.2) is 6.61 Å². The average Bonchev–Trinajstić information content (AvgIpc) is 2.26. The van der Waals surface area contributed by atoms with Crippen molar-refractivity contribution in [1.82, 2.24) is 9.97 Å². The zero-order chi connectivity index (χ0) is 14.0. The monoisotopic (exact) mass is 336 g/mol. The lowest BCUT2D eigenvalue weighted by molar-refractivity contribution is -0.290. The van der Waals surface area contributed by atoms with Crippen molar-refractivity contribution < 1.29 is 26.7 Å². The highest BCUT2D eigenvalue weighted by Gasteiger charge is 2.58. The third-order valence-corrected chi connectivity index (χ3v) is 2.19.